The standard InChI is InChI=1S/C16H21N3O2/c1-11(2)12(3)17-14(20)9-10-15-18-19-16(21-15)13-7-5-4-6-8-13/h4-8,11-12H,9-10H2,1-3H3,(H,17,20). The Morgan fingerprint density at radius 1 is 1.19 bits per heavy atom. The minimum Gasteiger partial charge on any atom is -0.421 e. The predicted octanol–water partition coefficient (Wildman–Crippen LogP) is 2.83. The molecule has 1 atom stereocenters. The fourth-order valence-corrected chi connectivity index (χ4v) is 1.77. The van der Waals surface area contributed by atoms with Crippen LogP contribution in [0.25, 0.3) is 11.5 Å². The van der Waals surface area contributed by atoms with Crippen molar-refractivity contribution in [2.45, 2.75) is 39.7 Å². The molecule has 0 aliphatic carbocycles. The van der Waals surface area contributed by atoms with Crippen molar-refractivity contribution in [3.05, 3.63) is 36.2 Å². The van der Waals surface area contributed by atoms with Crippen molar-refractivity contribution in [3.8, 4) is 11.5 Å². The molecule has 0 spiro atoms. The molecule has 2 rings (SSSR count). The first-order valence-electron chi connectivity index (χ1n) is 7.23. The predicted molar refractivity (Wildman–Crippen MR) is 80.5 cm³/mol. The van der Waals surface area contributed by atoms with Gasteiger partial charge in [0.15, 0.2) is 0 Å². The lowest BCUT2D eigenvalue weighted by molar-refractivity contribution is -0.122. The Balaban J connectivity index is 1.87. The normalized spacial score (nSPS) is 12.4. The highest BCUT2D eigenvalue weighted by molar-refractivity contribution is 5.76. The highest BCUT2D eigenvalue weighted by Crippen LogP contribution is 2.17. The molecule has 1 amide bonds. The van der Waals surface area contributed by atoms with Crippen LogP contribution in [0.2, 0.25) is 0 Å². The van der Waals surface area contributed by atoms with E-state index in [1.807, 2.05) is 37.3 Å². The molecule has 0 saturated heterocycles. The molecule has 1 N–H and O–H groups in total. The van der Waals surface area contributed by atoms with Crippen LogP contribution in [0.5, 0.6) is 0 Å². The summed E-state index contributed by atoms with van der Waals surface area (Å²) in [5, 5.41) is 10.9. The zero-order valence-electron chi connectivity index (χ0n) is 12.7. The largest absolute Gasteiger partial charge is 0.421 e. The van der Waals surface area contributed by atoms with E-state index in [1.165, 1.54) is 0 Å². The lowest BCUT2D eigenvalue weighted by Crippen LogP contribution is -2.36. The van der Waals surface area contributed by atoms with Crippen LogP contribution in [0.15, 0.2) is 34.7 Å². The molecule has 1 aromatic carbocycles. The number of aryl methyl sites for hydroxylation is 1. The van der Waals surface area contributed by atoms with Crippen LogP contribution in [-0.2, 0) is 11.2 Å². The van der Waals surface area contributed by atoms with Gasteiger partial charge in [-0.3, -0.25) is 4.79 Å². The molecule has 5 heteroatoms. The molecule has 0 aliphatic heterocycles. The summed E-state index contributed by atoms with van der Waals surface area (Å²) in [4.78, 5) is 11.8. The first kappa shape index (κ1) is 15.2. The number of aromatic nitrogens is 2. The Labute approximate surface area is 124 Å². The highest BCUT2D eigenvalue weighted by atomic mass is 16.4. The quantitative estimate of drug-likeness (QED) is 0.887. The summed E-state index contributed by atoms with van der Waals surface area (Å²) >= 11 is 0. The second kappa shape index (κ2) is 7.02. The van der Waals surface area contributed by atoms with Crippen LogP contribution < -0.4 is 5.32 Å². The van der Waals surface area contributed by atoms with Gasteiger partial charge in [0.25, 0.3) is 0 Å². The summed E-state index contributed by atoms with van der Waals surface area (Å²) in [7, 11) is 0. The highest BCUT2D eigenvalue weighted by Gasteiger charge is 2.13. The molecule has 0 aliphatic rings. The van der Waals surface area contributed by atoms with Crippen molar-refractivity contribution in [2.24, 2.45) is 5.92 Å². The Morgan fingerprint density at radius 2 is 1.90 bits per heavy atom. The molecule has 0 saturated carbocycles. The molecular formula is C16H21N3O2. The summed E-state index contributed by atoms with van der Waals surface area (Å²) in [6.45, 7) is 6.16. The summed E-state index contributed by atoms with van der Waals surface area (Å²) in [6, 6.07) is 9.75. The first-order valence-corrected chi connectivity index (χ1v) is 7.23. The molecule has 0 bridgehead atoms. The number of carbonyl (C=O) groups is 1. The third kappa shape index (κ3) is 4.41. The molecule has 2 aromatic rings. The molecule has 0 radical (unpaired) electrons. The monoisotopic (exact) mass is 287 g/mol. The lowest BCUT2D eigenvalue weighted by atomic mass is 10.1. The van der Waals surface area contributed by atoms with Crippen LogP contribution >= 0.6 is 0 Å². The molecule has 21 heavy (non-hydrogen) atoms. The number of nitrogens with zero attached hydrogens (tertiary/aromatic N) is 2. The molecule has 1 unspecified atom stereocenters. The number of benzene rings is 1. The third-order valence-corrected chi connectivity index (χ3v) is 3.44. The number of rotatable bonds is 6. The Bertz CT molecular complexity index is 578. The van der Waals surface area contributed by atoms with Crippen molar-refractivity contribution >= 4 is 5.91 Å². The smallest absolute Gasteiger partial charge is 0.247 e. The molecule has 112 valence electrons. The summed E-state index contributed by atoms with van der Waals surface area (Å²) in [5.41, 5.74) is 0.883. The van der Waals surface area contributed by atoms with Crippen LogP contribution in [0.1, 0.15) is 33.1 Å². The van der Waals surface area contributed by atoms with Gasteiger partial charge < -0.3 is 9.73 Å². The fourth-order valence-electron chi connectivity index (χ4n) is 1.77. The lowest BCUT2D eigenvalue weighted by Gasteiger charge is -2.16. The maximum atomic E-state index is 11.8. The molecule has 5 nitrogen and oxygen atoms in total. The van der Waals surface area contributed by atoms with E-state index in [2.05, 4.69) is 29.4 Å². The second-order valence-corrected chi connectivity index (χ2v) is 5.47. The average molecular weight is 287 g/mol. The van der Waals surface area contributed by atoms with Gasteiger partial charge >= 0.3 is 0 Å². The third-order valence-electron chi connectivity index (χ3n) is 3.44. The van der Waals surface area contributed by atoms with Crippen LogP contribution in [0, 0.1) is 5.92 Å². The number of hydrogen-bond donors (Lipinski definition) is 1. The minimum atomic E-state index is 0.00987. The fraction of sp³-hybridized carbons (Fsp3) is 0.438. The first-order chi connectivity index (χ1) is 10.1. The number of amides is 1. The summed E-state index contributed by atoms with van der Waals surface area (Å²) in [6.07, 6.45) is 0.809. The number of nitrogens with one attached hydrogen (secondary N) is 1. The van der Waals surface area contributed by atoms with E-state index in [9.17, 15) is 4.79 Å². The maximum Gasteiger partial charge on any atom is 0.247 e. The zero-order chi connectivity index (χ0) is 15.2. The topological polar surface area (TPSA) is 68.0 Å². The van der Waals surface area contributed by atoms with E-state index in [4.69, 9.17) is 4.42 Å². The Morgan fingerprint density at radius 3 is 2.57 bits per heavy atom. The summed E-state index contributed by atoms with van der Waals surface area (Å²) < 4.78 is 5.57. The Kier molecular flexibility index (Phi) is 5.09. The molecule has 1 aromatic heterocycles. The van der Waals surface area contributed by atoms with Crippen LogP contribution in [-0.4, -0.2) is 22.1 Å². The van der Waals surface area contributed by atoms with Gasteiger partial charge in [-0.05, 0) is 25.0 Å². The SMILES string of the molecule is CC(C)C(C)NC(=O)CCc1nnc(-c2ccccc2)o1. The zero-order valence-corrected chi connectivity index (χ0v) is 12.7. The van der Waals surface area contributed by atoms with Gasteiger partial charge in [0.2, 0.25) is 17.7 Å². The van der Waals surface area contributed by atoms with Crippen molar-refractivity contribution < 1.29 is 9.21 Å². The summed E-state index contributed by atoms with van der Waals surface area (Å²) in [5.74, 6) is 1.40. The van der Waals surface area contributed by atoms with E-state index < -0.39 is 0 Å². The van der Waals surface area contributed by atoms with E-state index in [1.54, 1.807) is 0 Å². The van der Waals surface area contributed by atoms with E-state index >= 15 is 0 Å². The van der Waals surface area contributed by atoms with Gasteiger partial charge in [-0.15, -0.1) is 10.2 Å². The minimum absolute atomic E-state index is 0.00987. The van der Waals surface area contributed by atoms with Crippen LogP contribution in [0.4, 0.5) is 0 Å². The average Bonchev–Trinajstić information content (AvgIpc) is 2.95. The van der Waals surface area contributed by atoms with E-state index in [0.717, 1.165) is 5.56 Å². The van der Waals surface area contributed by atoms with Crippen molar-refractivity contribution in [2.75, 3.05) is 0 Å². The van der Waals surface area contributed by atoms with Crippen molar-refractivity contribution in [1.29, 1.82) is 0 Å². The molecule has 1 heterocycles. The van der Waals surface area contributed by atoms with Crippen LogP contribution in [0.3, 0.4) is 0 Å². The van der Waals surface area contributed by atoms with Gasteiger partial charge in [-0.25, -0.2) is 0 Å². The van der Waals surface area contributed by atoms with Crippen molar-refractivity contribution in [3.63, 3.8) is 0 Å². The number of hydrogen-bond acceptors (Lipinski definition) is 4. The second-order valence-electron chi connectivity index (χ2n) is 5.47. The number of carbonyl (C=O) groups excluding carboxylic acids is 1. The van der Waals surface area contributed by atoms with E-state index in [-0.39, 0.29) is 11.9 Å². The van der Waals surface area contributed by atoms with E-state index in [0.29, 0.717) is 30.5 Å². The van der Waals surface area contributed by atoms with Crippen molar-refractivity contribution in [1.82, 2.24) is 15.5 Å². The van der Waals surface area contributed by atoms with Gasteiger partial charge in [0.05, 0.1) is 0 Å². The Hall–Kier alpha value is -2.17. The van der Waals surface area contributed by atoms with Gasteiger partial charge in [-0.2, -0.15) is 0 Å². The molecular weight excluding hydrogens is 266 g/mol. The molecule has 0 fully saturated rings. The van der Waals surface area contributed by atoms with Gasteiger partial charge in [0.1, 0.15) is 0 Å². The van der Waals surface area contributed by atoms with Gasteiger partial charge in [0, 0.05) is 24.4 Å². The van der Waals surface area contributed by atoms with Gasteiger partial charge in [-0.1, -0.05) is 32.0 Å². The maximum absolute atomic E-state index is 11.8.